The lowest BCUT2D eigenvalue weighted by molar-refractivity contribution is -0.385. The van der Waals surface area contributed by atoms with Gasteiger partial charge in [-0.2, -0.15) is 0 Å². The van der Waals surface area contributed by atoms with Gasteiger partial charge in [0.25, 0.3) is 0 Å². The fourth-order valence-electron chi connectivity index (χ4n) is 2.81. The second-order valence-corrected chi connectivity index (χ2v) is 5.54. The molecule has 1 aliphatic rings. The van der Waals surface area contributed by atoms with E-state index < -0.39 is 4.92 Å². The minimum atomic E-state index is -0.408. The molecule has 0 amide bonds. The molecule has 5 heteroatoms. The molecule has 0 bridgehead atoms. The molecule has 3 atom stereocenters. The lowest BCUT2D eigenvalue weighted by atomic mass is 9.97. The molecular formula is C15H22N2O3. The van der Waals surface area contributed by atoms with Crippen LogP contribution < -0.4 is 10.1 Å². The van der Waals surface area contributed by atoms with Crippen molar-refractivity contribution < 1.29 is 9.66 Å². The van der Waals surface area contributed by atoms with Crippen LogP contribution in [0.15, 0.2) is 18.2 Å². The predicted octanol–water partition coefficient (Wildman–Crippen LogP) is 3.84. The number of hydrogen-bond donors (Lipinski definition) is 1. The minimum Gasteiger partial charge on any atom is -0.487 e. The number of hydrogen-bond acceptors (Lipinski definition) is 4. The smallest absolute Gasteiger partial charge is 0.311 e. The van der Waals surface area contributed by atoms with Gasteiger partial charge in [-0.15, -0.1) is 0 Å². The van der Waals surface area contributed by atoms with Crippen LogP contribution in [0.3, 0.4) is 0 Å². The Morgan fingerprint density at radius 3 is 2.70 bits per heavy atom. The predicted molar refractivity (Wildman–Crippen MR) is 79.2 cm³/mol. The van der Waals surface area contributed by atoms with Crippen molar-refractivity contribution in [3.05, 3.63) is 28.3 Å². The van der Waals surface area contributed by atoms with Crippen molar-refractivity contribution in [3.63, 3.8) is 0 Å². The zero-order valence-corrected chi connectivity index (χ0v) is 12.3. The van der Waals surface area contributed by atoms with Gasteiger partial charge in [0, 0.05) is 23.9 Å². The largest absolute Gasteiger partial charge is 0.487 e. The van der Waals surface area contributed by atoms with Gasteiger partial charge in [-0.3, -0.25) is 10.1 Å². The van der Waals surface area contributed by atoms with Crippen molar-refractivity contribution in [2.24, 2.45) is 11.8 Å². The lowest BCUT2D eigenvalue weighted by Gasteiger charge is -2.21. The number of nitro groups is 1. The molecule has 0 heterocycles. The van der Waals surface area contributed by atoms with Gasteiger partial charge in [0.15, 0.2) is 5.75 Å². The topological polar surface area (TPSA) is 64.4 Å². The van der Waals surface area contributed by atoms with E-state index in [2.05, 4.69) is 19.2 Å². The standard InChI is InChI=1S/C15H22N2O3/c1-4-20-15-9-12(6-8-14(15)17(18)19)16-13-7-5-10(2)11(13)3/h6,8-11,13,16H,4-5,7H2,1-3H3. The van der Waals surface area contributed by atoms with Gasteiger partial charge in [0.2, 0.25) is 0 Å². The highest BCUT2D eigenvalue weighted by Gasteiger charge is 2.29. The molecule has 3 unspecified atom stereocenters. The summed E-state index contributed by atoms with van der Waals surface area (Å²) >= 11 is 0. The molecule has 1 N–H and O–H groups in total. The highest BCUT2D eigenvalue weighted by molar-refractivity contribution is 5.58. The number of nitro benzene ring substituents is 1. The SMILES string of the molecule is CCOc1cc(NC2CCC(C)C2C)ccc1[N+](=O)[O-]. The first kappa shape index (κ1) is 14.6. The fraction of sp³-hybridized carbons (Fsp3) is 0.600. The Morgan fingerprint density at radius 1 is 1.40 bits per heavy atom. The van der Waals surface area contributed by atoms with Crippen LogP contribution in [0, 0.1) is 22.0 Å². The van der Waals surface area contributed by atoms with Crippen LogP contribution in [0.1, 0.15) is 33.6 Å². The molecule has 0 spiro atoms. The minimum absolute atomic E-state index is 0.0187. The summed E-state index contributed by atoms with van der Waals surface area (Å²) in [6.07, 6.45) is 2.37. The van der Waals surface area contributed by atoms with E-state index >= 15 is 0 Å². The van der Waals surface area contributed by atoms with E-state index in [-0.39, 0.29) is 5.69 Å². The van der Waals surface area contributed by atoms with Crippen LogP contribution in [0.25, 0.3) is 0 Å². The third-order valence-electron chi connectivity index (χ3n) is 4.27. The van der Waals surface area contributed by atoms with Crippen molar-refractivity contribution in [2.45, 2.75) is 39.7 Å². The van der Waals surface area contributed by atoms with Crippen molar-refractivity contribution in [3.8, 4) is 5.75 Å². The molecule has 110 valence electrons. The molecular weight excluding hydrogens is 256 g/mol. The molecule has 1 aromatic carbocycles. The maximum Gasteiger partial charge on any atom is 0.311 e. The molecule has 0 saturated heterocycles. The second-order valence-electron chi connectivity index (χ2n) is 5.54. The van der Waals surface area contributed by atoms with Crippen LogP contribution in [-0.4, -0.2) is 17.6 Å². The Balaban J connectivity index is 2.16. The van der Waals surface area contributed by atoms with Crippen molar-refractivity contribution >= 4 is 11.4 Å². The van der Waals surface area contributed by atoms with Crippen LogP contribution in [0.2, 0.25) is 0 Å². The Labute approximate surface area is 119 Å². The monoisotopic (exact) mass is 278 g/mol. The highest BCUT2D eigenvalue weighted by Crippen LogP contribution is 2.35. The van der Waals surface area contributed by atoms with E-state index in [1.165, 1.54) is 12.5 Å². The van der Waals surface area contributed by atoms with Gasteiger partial charge in [0.05, 0.1) is 11.5 Å². The summed E-state index contributed by atoms with van der Waals surface area (Å²) in [5.41, 5.74) is 0.912. The average Bonchev–Trinajstić information content (AvgIpc) is 2.71. The van der Waals surface area contributed by atoms with Crippen molar-refractivity contribution in [2.75, 3.05) is 11.9 Å². The fourth-order valence-corrected chi connectivity index (χ4v) is 2.81. The summed E-state index contributed by atoms with van der Waals surface area (Å²) in [6, 6.07) is 5.44. The zero-order valence-electron chi connectivity index (χ0n) is 12.3. The number of nitrogens with zero attached hydrogens (tertiary/aromatic N) is 1. The molecule has 0 aliphatic heterocycles. The first-order valence-corrected chi connectivity index (χ1v) is 7.20. The van der Waals surface area contributed by atoms with Crippen molar-refractivity contribution in [1.29, 1.82) is 0 Å². The second kappa shape index (κ2) is 6.11. The Kier molecular flexibility index (Phi) is 4.47. The molecule has 1 aliphatic carbocycles. The zero-order chi connectivity index (χ0) is 14.7. The van der Waals surface area contributed by atoms with Crippen LogP contribution in [-0.2, 0) is 0 Å². The molecule has 1 aromatic rings. The Bertz CT molecular complexity index is 490. The van der Waals surface area contributed by atoms with E-state index in [1.54, 1.807) is 12.1 Å². The van der Waals surface area contributed by atoms with Gasteiger partial charge in [-0.1, -0.05) is 13.8 Å². The summed E-state index contributed by atoms with van der Waals surface area (Å²) in [4.78, 5) is 10.5. The molecule has 5 nitrogen and oxygen atoms in total. The van der Waals surface area contributed by atoms with Crippen LogP contribution in [0.5, 0.6) is 5.75 Å². The lowest BCUT2D eigenvalue weighted by Crippen LogP contribution is -2.23. The third-order valence-corrected chi connectivity index (χ3v) is 4.27. The number of nitrogens with one attached hydrogen (secondary N) is 1. The molecule has 1 fully saturated rings. The van der Waals surface area contributed by atoms with Crippen molar-refractivity contribution in [1.82, 2.24) is 0 Å². The van der Waals surface area contributed by atoms with Crippen LogP contribution >= 0.6 is 0 Å². The number of anilines is 1. The van der Waals surface area contributed by atoms with Gasteiger partial charge in [-0.05, 0) is 37.7 Å². The average molecular weight is 278 g/mol. The van der Waals surface area contributed by atoms with Gasteiger partial charge in [0.1, 0.15) is 0 Å². The van der Waals surface area contributed by atoms with E-state index in [1.807, 2.05) is 6.92 Å². The number of ether oxygens (including phenoxy) is 1. The Hall–Kier alpha value is -1.78. The maximum atomic E-state index is 11.0. The Morgan fingerprint density at radius 2 is 2.15 bits per heavy atom. The third kappa shape index (κ3) is 3.03. The van der Waals surface area contributed by atoms with E-state index in [9.17, 15) is 10.1 Å². The molecule has 20 heavy (non-hydrogen) atoms. The van der Waals surface area contributed by atoms with Gasteiger partial charge < -0.3 is 10.1 Å². The number of rotatable bonds is 5. The first-order valence-electron chi connectivity index (χ1n) is 7.20. The molecule has 0 aromatic heterocycles. The summed E-state index contributed by atoms with van der Waals surface area (Å²) in [5, 5.41) is 14.4. The normalized spacial score (nSPS) is 25.4. The number of benzene rings is 1. The van der Waals surface area contributed by atoms with Gasteiger partial charge >= 0.3 is 5.69 Å². The first-order chi connectivity index (χ1) is 9.52. The van der Waals surface area contributed by atoms with Crippen LogP contribution in [0.4, 0.5) is 11.4 Å². The van der Waals surface area contributed by atoms with E-state index in [0.29, 0.717) is 24.3 Å². The highest BCUT2D eigenvalue weighted by atomic mass is 16.6. The van der Waals surface area contributed by atoms with E-state index in [0.717, 1.165) is 18.0 Å². The summed E-state index contributed by atoms with van der Waals surface area (Å²) in [6.45, 7) is 6.77. The van der Waals surface area contributed by atoms with Gasteiger partial charge in [-0.25, -0.2) is 0 Å². The summed E-state index contributed by atoms with van der Waals surface area (Å²) in [5.74, 6) is 1.67. The van der Waals surface area contributed by atoms with E-state index in [4.69, 9.17) is 4.74 Å². The molecule has 1 saturated carbocycles. The summed E-state index contributed by atoms with van der Waals surface area (Å²) < 4.78 is 5.37. The summed E-state index contributed by atoms with van der Waals surface area (Å²) in [7, 11) is 0. The molecule has 2 rings (SSSR count). The molecule has 0 radical (unpaired) electrons. The quantitative estimate of drug-likeness (QED) is 0.656. The maximum absolute atomic E-state index is 11.0.